The number of carbonyl (C=O) groups is 2. The van der Waals surface area contributed by atoms with Crippen LogP contribution in [0.4, 0.5) is 4.79 Å². The number of benzene rings is 6. The van der Waals surface area contributed by atoms with Crippen molar-refractivity contribution in [2.75, 3.05) is 6.61 Å². The molecular weight excluding hydrogens is 727 g/mol. The molecule has 1 aliphatic heterocycles. The van der Waals surface area contributed by atoms with E-state index in [-0.39, 0.29) is 45.2 Å². The number of amides is 1. The molecule has 5 atom stereocenters. The Bertz CT molecular complexity index is 2110. The summed E-state index contributed by atoms with van der Waals surface area (Å²) in [7, 11) is 0. The third-order valence-corrected chi connectivity index (χ3v) is 10.3. The number of nitrogens with zero attached hydrogens (tertiary/aromatic N) is 1. The molecule has 6 aromatic rings. The standard InChI is InChI=1S/C50H49NO7/c52-45(43-29-17-6-18-30-43)31-44-48(56-34-40-23-11-3-12-24-40)49(57-35-41-25-13-4-14-26-41)47(51(44)50(53)58-36-42-27-15-5-16-28-42)46(55-33-39-21-9-2-10-22-39)37-54-32-38-19-7-1-8-20-38/h1-30,44,46-49H,31-37H2/t44-,46-,47+,48+,49+/m1/s1. The fourth-order valence-corrected chi connectivity index (χ4v) is 7.36. The molecule has 0 spiro atoms. The van der Waals surface area contributed by atoms with Crippen LogP contribution >= 0.6 is 0 Å². The van der Waals surface area contributed by atoms with E-state index in [9.17, 15) is 9.59 Å². The quantitative estimate of drug-likeness (QED) is 0.0758. The Morgan fingerprint density at radius 1 is 0.483 bits per heavy atom. The normalized spacial score (nSPS) is 18.1. The monoisotopic (exact) mass is 775 g/mol. The lowest BCUT2D eigenvalue weighted by molar-refractivity contribution is -0.117. The van der Waals surface area contributed by atoms with Crippen molar-refractivity contribution >= 4 is 11.9 Å². The van der Waals surface area contributed by atoms with Crippen LogP contribution in [0.2, 0.25) is 0 Å². The molecule has 7 rings (SSSR count). The summed E-state index contributed by atoms with van der Waals surface area (Å²) in [5.74, 6) is -0.135. The van der Waals surface area contributed by atoms with Gasteiger partial charge in [0.05, 0.1) is 45.1 Å². The lowest BCUT2D eigenvalue weighted by Gasteiger charge is -2.35. The Morgan fingerprint density at radius 3 is 1.40 bits per heavy atom. The number of hydrogen-bond acceptors (Lipinski definition) is 7. The molecule has 58 heavy (non-hydrogen) atoms. The van der Waals surface area contributed by atoms with Gasteiger partial charge in [-0.2, -0.15) is 0 Å². The molecule has 0 aliphatic carbocycles. The first-order valence-electron chi connectivity index (χ1n) is 19.8. The SMILES string of the molecule is O=C(C[C@@H]1[C@H](OCc2ccccc2)[C@@H](OCc2ccccc2)[C@H]([C@@H](COCc2ccccc2)OCc2ccccc2)N1C(=O)OCc1ccccc1)c1ccccc1. The van der Waals surface area contributed by atoms with Gasteiger partial charge in [0.15, 0.2) is 5.78 Å². The van der Waals surface area contributed by atoms with E-state index >= 15 is 0 Å². The highest BCUT2D eigenvalue weighted by atomic mass is 16.6. The van der Waals surface area contributed by atoms with Gasteiger partial charge in [0.1, 0.15) is 24.9 Å². The lowest BCUT2D eigenvalue weighted by Crippen LogP contribution is -2.53. The maximum atomic E-state index is 14.9. The third kappa shape index (κ3) is 11.1. The van der Waals surface area contributed by atoms with Gasteiger partial charge in [-0.25, -0.2) is 4.79 Å². The summed E-state index contributed by atoms with van der Waals surface area (Å²) in [5, 5.41) is 0. The Kier molecular flexibility index (Phi) is 14.6. The van der Waals surface area contributed by atoms with Gasteiger partial charge in [0, 0.05) is 12.0 Å². The number of hydrogen-bond donors (Lipinski definition) is 0. The van der Waals surface area contributed by atoms with Crippen LogP contribution in [-0.4, -0.2) is 53.8 Å². The van der Waals surface area contributed by atoms with E-state index in [1.54, 1.807) is 17.0 Å². The van der Waals surface area contributed by atoms with Crippen molar-refractivity contribution in [2.24, 2.45) is 0 Å². The molecule has 6 aromatic carbocycles. The molecule has 0 saturated carbocycles. The van der Waals surface area contributed by atoms with Gasteiger partial charge in [-0.05, 0) is 27.8 Å². The zero-order chi connectivity index (χ0) is 39.8. The molecule has 8 heteroatoms. The van der Waals surface area contributed by atoms with E-state index in [4.69, 9.17) is 23.7 Å². The maximum absolute atomic E-state index is 14.9. The van der Waals surface area contributed by atoms with Gasteiger partial charge in [-0.3, -0.25) is 9.69 Å². The first-order valence-corrected chi connectivity index (χ1v) is 19.8. The largest absolute Gasteiger partial charge is 0.445 e. The van der Waals surface area contributed by atoms with E-state index < -0.39 is 36.5 Å². The zero-order valence-corrected chi connectivity index (χ0v) is 32.5. The smallest absolute Gasteiger partial charge is 0.410 e. The van der Waals surface area contributed by atoms with Gasteiger partial charge in [-0.1, -0.05) is 182 Å². The minimum Gasteiger partial charge on any atom is -0.445 e. The number of carbonyl (C=O) groups excluding carboxylic acids is 2. The van der Waals surface area contributed by atoms with E-state index in [0.29, 0.717) is 12.2 Å². The van der Waals surface area contributed by atoms with E-state index in [1.807, 2.05) is 170 Å². The average Bonchev–Trinajstić information content (AvgIpc) is 3.59. The predicted octanol–water partition coefficient (Wildman–Crippen LogP) is 9.62. The third-order valence-electron chi connectivity index (χ3n) is 10.3. The van der Waals surface area contributed by atoms with Gasteiger partial charge in [-0.15, -0.1) is 0 Å². The highest BCUT2D eigenvalue weighted by Crippen LogP contribution is 2.38. The highest BCUT2D eigenvalue weighted by Gasteiger charge is 2.57. The second kappa shape index (κ2) is 21.0. The van der Waals surface area contributed by atoms with Gasteiger partial charge in [0.25, 0.3) is 0 Å². The van der Waals surface area contributed by atoms with Crippen molar-refractivity contribution in [3.05, 3.63) is 215 Å². The number of likely N-dealkylation sites (tertiary alicyclic amines) is 1. The molecule has 1 aliphatic rings. The Morgan fingerprint density at radius 2 is 0.897 bits per heavy atom. The fourth-order valence-electron chi connectivity index (χ4n) is 7.36. The predicted molar refractivity (Wildman–Crippen MR) is 223 cm³/mol. The Labute approximate surface area is 340 Å². The summed E-state index contributed by atoms with van der Waals surface area (Å²) in [6, 6.07) is 56.6. The summed E-state index contributed by atoms with van der Waals surface area (Å²) < 4.78 is 33.2. The Hall–Kier alpha value is -5.90. The van der Waals surface area contributed by atoms with Crippen LogP contribution in [0.1, 0.15) is 44.6 Å². The van der Waals surface area contributed by atoms with Crippen LogP contribution in [0.3, 0.4) is 0 Å². The van der Waals surface area contributed by atoms with Crippen molar-refractivity contribution in [3.63, 3.8) is 0 Å². The summed E-state index contributed by atoms with van der Waals surface area (Å²) in [6.45, 7) is 1.19. The molecule has 0 bridgehead atoms. The van der Waals surface area contributed by atoms with E-state index in [1.165, 1.54) is 0 Å². The molecule has 1 heterocycles. The van der Waals surface area contributed by atoms with Gasteiger partial charge < -0.3 is 23.7 Å². The number of ketones is 1. The van der Waals surface area contributed by atoms with E-state index in [2.05, 4.69) is 0 Å². The lowest BCUT2D eigenvalue weighted by atomic mass is 9.98. The summed E-state index contributed by atoms with van der Waals surface area (Å²) in [5.41, 5.74) is 5.23. The fraction of sp³-hybridized carbons (Fsp3) is 0.240. The first-order chi connectivity index (χ1) is 28.6. The molecule has 1 saturated heterocycles. The number of rotatable bonds is 19. The van der Waals surface area contributed by atoms with Crippen molar-refractivity contribution < 1.29 is 33.3 Å². The van der Waals surface area contributed by atoms with Gasteiger partial charge >= 0.3 is 6.09 Å². The van der Waals surface area contributed by atoms with Crippen molar-refractivity contribution in [2.45, 2.75) is 69.9 Å². The summed E-state index contributed by atoms with van der Waals surface area (Å²) in [6.07, 6.45) is -2.89. The first kappa shape index (κ1) is 40.3. The molecule has 8 nitrogen and oxygen atoms in total. The minimum atomic E-state index is -0.791. The molecule has 1 amide bonds. The molecular formula is C50H49NO7. The molecule has 0 N–H and O–H groups in total. The van der Waals surface area contributed by atoms with Gasteiger partial charge in [0.2, 0.25) is 0 Å². The van der Waals surface area contributed by atoms with E-state index in [0.717, 1.165) is 27.8 Å². The zero-order valence-electron chi connectivity index (χ0n) is 32.5. The Balaban J connectivity index is 1.30. The van der Waals surface area contributed by atoms with Crippen molar-refractivity contribution in [1.29, 1.82) is 0 Å². The summed E-state index contributed by atoms with van der Waals surface area (Å²) in [4.78, 5) is 30.7. The highest BCUT2D eigenvalue weighted by molar-refractivity contribution is 5.96. The summed E-state index contributed by atoms with van der Waals surface area (Å²) >= 11 is 0. The maximum Gasteiger partial charge on any atom is 0.410 e. The van der Waals surface area contributed by atoms with Crippen LogP contribution in [-0.2, 0) is 56.7 Å². The molecule has 0 aromatic heterocycles. The van der Waals surface area contributed by atoms with Crippen LogP contribution < -0.4 is 0 Å². The molecule has 1 fully saturated rings. The molecule has 0 unspecified atom stereocenters. The van der Waals surface area contributed by atoms with Crippen LogP contribution in [0.5, 0.6) is 0 Å². The molecule has 0 radical (unpaired) electrons. The number of ether oxygens (including phenoxy) is 5. The second-order valence-electron chi connectivity index (χ2n) is 14.4. The minimum absolute atomic E-state index is 0.0351. The number of Topliss-reactive ketones (excluding diaryl/α,β-unsaturated/α-hetero) is 1. The topological polar surface area (TPSA) is 83.5 Å². The van der Waals surface area contributed by atoms with Crippen LogP contribution in [0.15, 0.2) is 182 Å². The second-order valence-corrected chi connectivity index (χ2v) is 14.4. The van der Waals surface area contributed by atoms with Crippen molar-refractivity contribution in [3.8, 4) is 0 Å². The molecule has 296 valence electrons. The van der Waals surface area contributed by atoms with Crippen LogP contribution in [0, 0.1) is 0 Å². The van der Waals surface area contributed by atoms with Crippen molar-refractivity contribution in [1.82, 2.24) is 4.90 Å². The average molecular weight is 776 g/mol. The van der Waals surface area contributed by atoms with Crippen LogP contribution in [0.25, 0.3) is 0 Å².